The largest absolute Gasteiger partial charge is 0.424 e. The molecule has 226 valence electrons. The van der Waals surface area contributed by atoms with Crippen molar-refractivity contribution >= 4 is 34.8 Å². The lowest BCUT2D eigenvalue weighted by Gasteiger charge is -2.15. The lowest BCUT2D eigenvalue weighted by molar-refractivity contribution is -0.138. The molecule has 44 heavy (non-hydrogen) atoms. The standard InChI is InChI=1S/C27H17ClF6N8O2/c28-17-10-39-42(13-17)22-6-3-15(26(29,30)31)8-21(22)41-24(43)40-18-11-37-25(38-12-18)44-19-4-1-14(2-5-19)20-7-16(27(32,33)34)9-36-23(20)35/h1-13H,(H2,35,36)(H2,40,41,43). The van der Waals surface area contributed by atoms with Crippen molar-refractivity contribution in [3.8, 4) is 28.6 Å². The molecule has 5 aromatic rings. The van der Waals surface area contributed by atoms with E-state index < -0.39 is 29.5 Å². The van der Waals surface area contributed by atoms with Gasteiger partial charge in [-0.2, -0.15) is 31.4 Å². The van der Waals surface area contributed by atoms with Gasteiger partial charge in [-0.3, -0.25) is 0 Å². The zero-order valence-corrected chi connectivity index (χ0v) is 22.5. The molecular weight excluding hydrogens is 618 g/mol. The normalized spacial score (nSPS) is 11.7. The van der Waals surface area contributed by atoms with Crippen molar-refractivity contribution in [1.82, 2.24) is 24.7 Å². The van der Waals surface area contributed by atoms with Crippen molar-refractivity contribution < 1.29 is 35.9 Å². The number of rotatable bonds is 6. The van der Waals surface area contributed by atoms with Gasteiger partial charge in [0.25, 0.3) is 0 Å². The van der Waals surface area contributed by atoms with Gasteiger partial charge in [0.2, 0.25) is 0 Å². The monoisotopic (exact) mass is 634 g/mol. The number of hydrogen-bond acceptors (Lipinski definition) is 7. The molecule has 2 amide bonds. The molecule has 4 N–H and O–H groups in total. The number of pyridine rings is 1. The summed E-state index contributed by atoms with van der Waals surface area (Å²) in [6.07, 6.45) is -3.60. The highest BCUT2D eigenvalue weighted by atomic mass is 35.5. The first-order chi connectivity index (χ1) is 20.8. The van der Waals surface area contributed by atoms with Gasteiger partial charge in [-0.15, -0.1) is 0 Å². The predicted molar refractivity (Wildman–Crippen MR) is 147 cm³/mol. The van der Waals surface area contributed by atoms with E-state index >= 15 is 0 Å². The van der Waals surface area contributed by atoms with E-state index in [1.807, 2.05) is 0 Å². The Morgan fingerprint density at radius 2 is 1.52 bits per heavy atom. The van der Waals surface area contributed by atoms with Gasteiger partial charge in [0.1, 0.15) is 11.6 Å². The first-order valence-corrected chi connectivity index (χ1v) is 12.6. The van der Waals surface area contributed by atoms with Gasteiger partial charge in [-0.25, -0.2) is 24.4 Å². The number of carbonyl (C=O) groups is 1. The summed E-state index contributed by atoms with van der Waals surface area (Å²) in [6.45, 7) is 0. The van der Waals surface area contributed by atoms with Crippen LogP contribution >= 0.6 is 11.6 Å². The number of carbonyl (C=O) groups excluding carboxylic acids is 1. The Morgan fingerprint density at radius 3 is 2.14 bits per heavy atom. The fraction of sp³-hybridized carbons (Fsp3) is 0.0741. The fourth-order valence-electron chi connectivity index (χ4n) is 3.83. The molecule has 0 saturated carbocycles. The number of hydrogen-bond donors (Lipinski definition) is 3. The molecule has 3 heterocycles. The lowest BCUT2D eigenvalue weighted by atomic mass is 10.0. The van der Waals surface area contributed by atoms with Crippen LogP contribution < -0.4 is 21.1 Å². The third kappa shape index (κ3) is 6.97. The summed E-state index contributed by atoms with van der Waals surface area (Å²) in [4.78, 5) is 24.2. The number of ether oxygens (including phenoxy) is 1. The minimum absolute atomic E-state index is 0.0772. The Morgan fingerprint density at radius 1 is 0.841 bits per heavy atom. The molecule has 0 aliphatic heterocycles. The molecule has 0 unspecified atom stereocenters. The topological polar surface area (TPSA) is 133 Å². The Labute approximate surface area is 248 Å². The Balaban J connectivity index is 1.26. The minimum Gasteiger partial charge on any atom is -0.424 e. The van der Waals surface area contributed by atoms with Gasteiger partial charge >= 0.3 is 24.4 Å². The van der Waals surface area contributed by atoms with Gasteiger partial charge in [0, 0.05) is 18.0 Å². The summed E-state index contributed by atoms with van der Waals surface area (Å²) in [5.74, 6) is 0.152. The van der Waals surface area contributed by atoms with E-state index in [0.717, 1.165) is 24.3 Å². The third-order valence-corrected chi connectivity index (χ3v) is 6.07. The maximum atomic E-state index is 13.3. The second-order valence-corrected chi connectivity index (χ2v) is 9.38. The van der Waals surface area contributed by atoms with Gasteiger partial charge in [0.15, 0.2) is 0 Å². The van der Waals surface area contributed by atoms with Crippen molar-refractivity contribution in [3.05, 3.63) is 95.7 Å². The van der Waals surface area contributed by atoms with Crippen molar-refractivity contribution in [2.75, 3.05) is 16.4 Å². The summed E-state index contributed by atoms with van der Waals surface area (Å²) >= 11 is 5.87. The molecular formula is C27H17ClF6N8O2. The van der Waals surface area contributed by atoms with Crippen LogP contribution in [0.4, 0.5) is 48.3 Å². The van der Waals surface area contributed by atoms with Gasteiger partial charge in [-0.05, 0) is 42.0 Å². The van der Waals surface area contributed by atoms with Crippen molar-refractivity contribution in [2.45, 2.75) is 12.4 Å². The zero-order chi connectivity index (χ0) is 31.6. The third-order valence-electron chi connectivity index (χ3n) is 5.88. The number of urea groups is 1. The van der Waals surface area contributed by atoms with Gasteiger partial charge < -0.3 is 21.1 Å². The summed E-state index contributed by atoms with van der Waals surface area (Å²) in [5.41, 5.74) is 4.25. The van der Waals surface area contributed by atoms with Crippen LogP contribution in [-0.2, 0) is 12.4 Å². The number of nitrogens with zero attached hydrogens (tertiary/aromatic N) is 5. The van der Waals surface area contributed by atoms with E-state index in [0.29, 0.717) is 11.8 Å². The van der Waals surface area contributed by atoms with Gasteiger partial charge in [0.05, 0.1) is 51.8 Å². The second-order valence-electron chi connectivity index (χ2n) is 8.95. The molecule has 0 radical (unpaired) electrons. The smallest absolute Gasteiger partial charge is 0.417 e. The number of alkyl halides is 6. The molecule has 0 bridgehead atoms. The number of halogens is 7. The van der Waals surface area contributed by atoms with Crippen molar-refractivity contribution in [2.24, 2.45) is 0 Å². The summed E-state index contributed by atoms with van der Waals surface area (Å²) in [5, 5.41) is 8.94. The van der Waals surface area contributed by atoms with E-state index in [2.05, 4.69) is 30.7 Å². The van der Waals surface area contributed by atoms with Crippen molar-refractivity contribution in [1.29, 1.82) is 0 Å². The number of anilines is 3. The number of benzene rings is 2. The first kappa shape index (κ1) is 30.1. The zero-order valence-electron chi connectivity index (χ0n) is 21.8. The Kier molecular flexibility index (Phi) is 8.01. The SMILES string of the molecule is Nc1ncc(C(F)(F)F)cc1-c1ccc(Oc2ncc(NC(=O)Nc3cc(C(F)(F)F)ccc3-n3cc(Cl)cn3)cn2)cc1. The van der Waals surface area contributed by atoms with E-state index in [1.165, 1.54) is 53.7 Å². The minimum atomic E-state index is -4.67. The van der Waals surface area contributed by atoms with E-state index in [1.54, 1.807) is 0 Å². The highest BCUT2D eigenvalue weighted by Gasteiger charge is 2.32. The van der Waals surface area contributed by atoms with Crippen LogP contribution in [0.15, 0.2) is 79.5 Å². The van der Waals surface area contributed by atoms with E-state index in [-0.39, 0.29) is 45.2 Å². The fourth-order valence-corrected chi connectivity index (χ4v) is 3.97. The first-order valence-electron chi connectivity index (χ1n) is 12.2. The van der Waals surface area contributed by atoms with Crippen molar-refractivity contribution in [3.63, 3.8) is 0 Å². The average Bonchev–Trinajstić information content (AvgIpc) is 3.39. The molecule has 0 spiro atoms. The quantitative estimate of drug-likeness (QED) is 0.165. The number of nitrogens with one attached hydrogen (secondary N) is 2. The average molecular weight is 635 g/mol. The molecule has 0 fully saturated rings. The summed E-state index contributed by atoms with van der Waals surface area (Å²) in [7, 11) is 0. The van der Waals surface area contributed by atoms with Crippen LogP contribution in [0.25, 0.3) is 16.8 Å². The Bertz CT molecular complexity index is 1810. The molecule has 10 nitrogen and oxygen atoms in total. The van der Waals surface area contributed by atoms with Crippen LogP contribution in [0, 0.1) is 0 Å². The molecule has 0 aliphatic rings. The van der Waals surface area contributed by atoms with Crippen LogP contribution in [0.2, 0.25) is 5.02 Å². The molecule has 5 rings (SSSR count). The summed E-state index contributed by atoms with van der Waals surface area (Å²) < 4.78 is 85.9. The summed E-state index contributed by atoms with van der Waals surface area (Å²) in [6, 6.07) is 8.44. The lowest BCUT2D eigenvalue weighted by Crippen LogP contribution is -2.21. The number of nitrogens with two attached hydrogens (primary N) is 1. The maximum absolute atomic E-state index is 13.3. The van der Waals surface area contributed by atoms with E-state index in [4.69, 9.17) is 22.1 Å². The van der Waals surface area contributed by atoms with E-state index in [9.17, 15) is 31.1 Å². The number of amides is 2. The molecule has 0 atom stereocenters. The van der Waals surface area contributed by atoms with Crippen LogP contribution in [0.3, 0.4) is 0 Å². The van der Waals surface area contributed by atoms with Crippen LogP contribution in [-0.4, -0.2) is 30.8 Å². The van der Waals surface area contributed by atoms with Crippen LogP contribution in [0.1, 0.15) is 11.1 Å². The molecule has 2 aromatic carbocycles. The predicted octanol–water partition coefficient (Wildman–Crippen LogP) is 7.43. The van der Waals surface area contributed by atoms with Gasteiger partial charge in [-0.1, -0.05) is 23.7 Å². The second kappa shape index (κ2) is 11.7. The number of nitrogen functional groups attached to an aromatic ring is 1. The highest BCUT2D eigenvalue weighted by molar-refractivity contribution is 6.30. The molecule has 3 aromatic heterocycles. The Hall–Kier alpha value is -5.38. The maximum Gasteiger partial charge on any atom is 0.417 e. The molecule has 0 saturated heterocycles. The highest BCUT2D eigenvalue weighted by Crippen LogP contribution is 2.35. The number of aromatic nitrogens is 5. The molecule has 0 aliphatic carbocycles. The molecule has 17 heteroatoms. The van der Waals surface area contributed by atoms with Crippen LogP contribution in [0.5, 0.6) is 11.8 Å².